The van der Waals surface area contributed by atoms with Gasteiger partial charge in [0.15, 0.2) is 0 Å². The van der Waals surface area contributed by atoms with E-state index in [-0.39, 0.29) is 0 Å². The summed E-state index contributed by atoms with van der Waals surface area (Å²) in [5.74, 6) is 0. The monoisotopic (exact) mass is 196 g/mol. The SMILES string of the molecule is CCCC[P+](C)(N)c1ccccc1. The van der Waals surface area contributed by atoms with Crippen LogP contribution in [0, 0.1) is 0 Å². The molecular weight excluding hydrogens is 177 g/mol. The van der Waals surface area contributed by atoms with Crippen LogP contribution in [0.4, 0.5) is 0 Å². The molecular formula is C11H19NP+. The van der Waals surface area contributed by atoms with Gasteiger partial charge < -0.3 is 0 Å². The fourth-order valence-corrected chi connectivity index (χ4v) is 3.47. The minimum Gasteiger partial charge on any atom is -0.201 e. The molecule has 1 nitrogen and oxygen atoms in total. The molecule has 0 saturated carbocycles. The van der Waals surface area contributed by atoms with Gasteiger partial charge in [0.2, 0.25) is 0 Å². The van der Waals surface area contributed by atoms with Crippen molar-refractivity contribution in [3.8, 4) is 0 Å². The Morgan fingerprint density at radius 3 is 2.38 bits per heavy atom. The van der Waals surface area contributed by atoms with Crippen LogP contribution in [0.1, 0.15) is 19.8 Å². The van der Waals surface area contributed by atoms with E-state index in [0.29, 0.717) is 0 Å². The molecule has 72 valence electrons. The average molecular weight is 196 g/mol. The molecule has 0 radical (unpaired) electrons. The molecule has 13 heavy (non-hydrogen) atoms. The van der Waals surface area contributed by atoms with E-state index in [1.807, 2.05) is 6.07 Å². The summed E-state index contributed by atoms with van der Waals surface area (Å²) in [6.45, 7) is 4.43. The smallest absolute Gasteiger partial charge is 0.111 e. The van der Waals surface area contributed by atoms with Gasteiger partial charge in [0.1, 0.15) is 12.7 Å². The van der Waals surface area contributed by atoms with E-state index in [1.54, 1.807) is 0 Å². The molecule has 0 aromatic heterocycles. The van der Waals surface area contributed by atoms with Crippen LogP contribution in [0.2, 0.25) is 0 Å². The zero-order valence-corrected chi connectivity index (χ0v) is 9.43. The lowest BCUT2D eigenvalue weighted by molar-refractivity contribution is 0.889. The Morgan fingerprint density at radius 1 is 1.23 bits per heavy atom. The van der Waals surface area contributed by atoms with Crippen LogP contribution >= 0.6 is 7.41 Å². The van der Waals surface area contributed by atoms with Crippen molar-refractivity contribution >= 4 is 12.7 Å². The molecule has 0 saturated heterocycles. The molecule has 0 bridgehead atoms. The van der Waals surface area contributed by atoms with Crippen molar-refractivity contribution in [1.82, 2.24) is 0 Å². The number of nitrogens with two attached hydrogens (primary N) is 1. The summed E-state index contributed by atoms with van der Waals surface area (Å²) < 4.78 is 0. The molecule has 1 rings (SSSR count). The van der Waals surface area contributed by atoms with Crippen molar-refractivity contribution in [2.45, 2.75) is 19.8 Å². The van der Waals surface area contributed by atoms with Gasteiger partial charge in [0.25, 0.3) is 0 Å². The van der Waals surface area contributed by atoms with Gasteiger partial charge >= 0.3 is 0 Å². The first-order valence-corrected chi connectivity index (χ1v) is 7.35. The van der Waals surface area contributed by atoms with E-state index in [9.17, 15) is 0 Å². The van der Waals surface area contributed by atoms with Crippen LogP contribution in [0.25, 0.3) is 0 Å². The Bertz CT molecular complexity index is 244. The third-order valence-electron chi connectivity index (χ3n) is 2.32. The second-order valence-electron chi connectivity index (χ2n) is 3.68. The van der Waals surface area contributed by atoms with Crippen LogP contribution in [0.3, 0.4) is 0 Å². The standard InChI is InChI=1S/C11H19NP/c1-3-4-10-13(2,12)11-8-6-5-7-9-11/h5-9H,3-4,10,12H2,1-2H3/q+1. The first kappa shape index (κ1) is 10.7. The van der Waals surface area contributed by atoms with Gasteiger partial charge in [0, 0.05) is 0 Å². The first-order chi connectivity index (χ1) is 6.17. The number of hydrogen-bond acceptors (Lipinski definition) is 1. The summed E-state index contributed by atoms with van der Waals surface area (Å²) >= 11 is 0. The fraction of sp³-hybridized carbons (Fsp3) is 0.455. The topological polar surface area (TPSA) is 26.0 Å². The predicted octanol–water partition coefficient (Wildman–Crippen LogP) is 2.63. The quantitative estimate of drug-likeness (QED) is 0.736. The molecule has 0 aliphatic carbocycles. The van der Waals surface area contributed by atoms with Crippen LogP contribution in [-0.4, -0.2) is 12.8 Å². The Kier molecular flexibility index (Phi) is 3.90. The second kappa shape index (κ2) is 4.74. The van der Waals surface area contributed by atoms with E-state index in [1.165, 1.54) is 24.3 Å². The first-order valence-electron chi connectivity index (χ1n) is 4.86. The molecule has 1 aromatic rings. The second-order valence-corrected chi connectivity index (χ2v) is 7.18. The highest BCUT2D eigenvalue weighted by atomic mass is 31.2. The van der Waals surface area contributed by atoms with Gasteiger partial charge in [-0.2, -0.15) is 0 Å². The van der Waals surface area contributed by atoms with Crippen molar-refractivity contribution in [2.24, 2.45) is 5.50 Å². The van der Waals surface area contributed by atoms with Gasteiger partial charge in [-0.15, -0.1) is 0 Å². The Morgan fingerprint density at radius 2 is 1.85 bits per heavy atom. The molecule has 1 aromatic carbocycles. The highest BCUT2D eigenvalue weighted by Gasteiger charge is 2.27. The summed E-state index contributed by atoms with van der Waals surface area (Å²) in [4.78, 5) is 0. The molecule has 2 heteroatoms. The fourth-order valence-electron chi connectivity index (χ4n) is 1.38. The molecule has 0 amide bonds. The van der Waals surface area contributed by atoms with E-state index in [2.05, 4.69) is 37.9 Å². The molecule has 0 heterocycles. The van der Waals surface area contributed by atoms with Gasteiger partial charge in [-0.25, -0.2) is 5.50 Å². The molecule has 0 aliphatic heterocycles. The van der Waals surface area contributed by atoms with Gasteiger partial charge in [-0.3, -0.25) is 0 Å². The van der Waals surface area contributed by atoms with E-state index >= 15 is 0 Å². The Balaban J connectivity index is 2.69. The summed E-state index contributed by atoms with van der Waals surface area (Å²) in [6, 6.07) is 10.5. The molecule has 1 unspecified atom stereocenters. The molecule has 2 N–H and O–H groups in total. The van der Waals surface area contributed by atoms with Gasteiger partial charge in [-0.05, 0) is 18.6 Å². The van der Waals surface area contributed by atoms with Crippen molar-refractivity contribution in [2.75, 3.05) is 12.8 Å². The van der Waals surface area contributed by atoms with E-state index < -0.39 is 7.41 Å². The third kappa shape index (κ3) is 3.10. The van der Waals surface area contributed by atoms with Gasteiger partial charge in [0.05, 0.1) is 12.8 Å². The highest BCUT2D eigenvalue weighted by molar-refractivity contribution is 7.80. The summed E-state index contributed by atoms with van der Waals surface area (Å²) in [7, 11) is -1.31. The lowest BCUT2D eigenvalue weighted by Crippen LogP contribution is -2.20. The minimum absolute atomic E-state index is 1.17. The normalized spacial score (nSPS) is 15.3. The lowest BCUT2D eigenvalue weighted by Gasteiger charge is -2.16. The largest absolute Gasteiger partial charge is 0.201 e. The van der Waals surface area contributed by atoms with Crippen LogP contribution in [0.5, 0.6) is 0 Å². The van der Waals surface area contributed by atoms with Gasteiger partial charge in [-0.1, -0.05) is 31.5 Å². The molecule has 0 spiro atoms. The van der Waals surface area contributed by atoms with Crippen molar-refractivity contribution in [3.63, 3.8) is 0 Å². The minimum atomic E-state index is -1.31. The molecule has 1 atom stereocenters. The number of rotatable bonds is 4. The zero-order chi connectivity index (χ0) is 9.73. The van der Waals surface area contributed by atoms with Crippen LogP contribution in [-0.2, 0) is 0 Å². The molecule has 0 aliphatic rings. The Labute approximate surface area is 81.7 Å². The Hall–Kier alpha value is -0.390. The predicted molar refractivity (Wildman–Crippen MR) is 62.9 cm³/mol. The number of unbranched alkanes of at least 4 members (excludes halogenated alkanes) is 1. The van der Waals surface area contributed by atoms with Crippen molar-refractivity contribution in [3.05, 3.63) is 30.3 Å². The van der Waals surface area contributed by atoms with Crippen molar-refractivity contribution in [1.29, 1.82) is 0 Å². The number of hydrogen-bond donors (Lipinski definition) is 1. The van der Waals surface area contributed by atoms with Crippen LogP contribution in [0.15, 0.2) is 30.3 Å². The summed E-state index contributed by atoms with van der Waals surface area (Å²) in [6.07, 6.45) is 3.66. The third-order valence-corrected chi connectivity index (χ3v) is 5.05. The summed E-state index contributed by atoms with van der Waals surface area (Å²) in [5, 5.41) is 1.35. The van der Waals surface area contributed by atoms with Crippen LogP contribution < -0.4 is 10.8 Å². The maximum Gasteiger partial charge on any atom is 0.111 e. The maximum absolute atomic E-state index is 6.34. The van der Waals surface area contributed by atoms with E-state index in [4.69, 9.17) is 5.50 Å². The average Bonchev–Trinajstić information content (AvgIpc) is 2.16. The lowest BCUT2D eigenvalue weighted by atomic mass is 10.4. The van der Waals surface area contributed by atoms with E-state index in [0.717, 1.165) is 0 Å². The van der Waals surface area contributed by atoms with Crippen molar-refractivity contribution < 1.29 is 0 Å². The molecule has 0 fully saturated rings. The highest BCUT2D eigenvalue weighted by Crippen LogP contribution is 2.45. The zero-order valence-electron chi connectivity index (χ0n) is 8.53. The maximum atomic E-state index is 6.34. The number of benzene rings is 1. The summed E-state index contributed by atoms with van der Waals surface area (Å²) in [5.41, 5.74) is 6.34.